The van der Waals surface area contributed by atoms with Crippen LogP contribution in [0, 0.1) is 0 Å². The van der Waals surface area contributed by atoms with Gasteiger partial charge in [-0.2, -0.15) is 0 Å². The van der Waals surface area contributed by atoms with Crippen molar-refractivity contribution in [2.45, 2.75) is 18.9 Å². The molecule has 0 saturated carbocycles. The van der Waals surface area contributed by atoms with Crippen molar-refractivity contribution in [2.24, 2.45) is 4.99 Å². The van der Waals surface area contributed by atoms with E-state index in [4.69, 9.17) is 0 Å². The lowest BCUT2D eigenvalue weighted by atomic mass is 10.1. The van der Waals surface area contributed by atoms with Gasteiger partial charge in [0.05, 0.1) is 11.2 Å². The Morgan fingerprint density at radius 3 is 3.08 bits per heavy atom. The van der Waals surface area contributed by atoms with Crippen LogP contribution in [0.15, 0.2) is 29.3 Å². The summed E-state index contributed by atoms with van der Waals surface area (Å²) in [6.45, 7) is 0. The largest absolute Gasteiger partial charge is 0.224 e. The van der Waals surface area contributed by atoms with Crippen molar-refractivity contribution in [3.8, 4) is 0 Å². The van der Waals surface area contributed by atoms with Crippen LogP contribution in [-0.4, -0.2) is 5.16 Å². The topological polar surface area (TPSA) is 12.4 Å². The predicted octanol–water partition coefficient (Wildman–Crippen LogP) is 2.78. The van der Waals surface area contributed by atoms with Gasteiger partial charge in [-0.3, -0.25) is 0 Å². The van der Waals surface area contributed by atoms with E-state index in [1.54, 1.807) is 0 Å². The first-order valence-electron chi connectivity index (χ1n) is 4.06. The molecule has 2 rings (SSSR count). The number of aryl methyl sites for hydroxylation is 1. The molecule has 0 bridgehead atoms. The molecule has 0 spiro atoms. The summed E-state index contributed by atoms with van der Waals surface area (Å²) in [7, 11) is 0. The van der Waals surface area contributed by atoms with Gasteiger partial charge in [-0.05, 0) is 36.2 Å². The Morgan fingerprint density at radius 2 is 2.25 bits per heavy atom. The molecule has 1 unspecified atom stereocenters. The average Bonchev–Trinajstić information content (AvgIpc) is 2.50. The van der Waals surface area contributed by atoms with E-state index in [1.165, 1.54) is 11.1 Å². The fourth-order valence-electron chi connectivity index (χ4n) is 1.73. The van der Waals surface area contributed by atoms with E-state index in [9.17, 15) is 0 Å². The number of hydrogen-bond donors (Lipinski definition) is 0. The van der Waals surface area contributed by atoms with Crippen LogP contribution >= 0.6 is 12.2 Å². The molecule has 0 amide bonds. The Labute approximate surface area is 77.1 Å². The van der Waals surface area contributed by atoms with Crippen LogP contribution in [-0.2, 0) is 6.42 Å². The Kier molecular flexibility index (Phi) is 2.03. The van der Waals surface area contributed by atoms with E-state index >= 15 is 0 Å². The minimum atomic E-state index is 0.277. The number of fused-ring (bicyclic) bond motifs is 1. The second-order valence-corrected chi connectivity index (χ2v) is 3.16. The number of benzene rings is 1. The van der Waals surface area contributed by atoms with Crippen LogP contribution in [0.4, 0.5) is 0 Å². The molecule has 0 heterocycles. The number of isothiocyanates is 1. The van der Waals surface area contributed by atoms with Crippen molar-refractivity contribution in [3.63, 3.8) is 0 Å². The first-order valence-corrected chi connectivity index (χ1v) is 4.47. The molecule has 1 aliphatic rings. The van der Waals surface area contributed by atoms with Gasteiger partial charge in [-0.25, -0.2) is 4.99 Å². The van der Waals surface area contributed by atoms with Gasteiger partial charge in [0, 0.05) is 0 Å². The zero-order chi connectivity index (χ0) is 8.39. The maximum Gasteiger partial charge on any atom is 0.0858 e. The SMILES string of the molecule is S=C=NC1CCc2ccccc21. The van der Waals surface area contributed by atoms with E-state index in [0.717, 1.165) is 12.8 Å². The molecule has 12 heavy (non-hydrogen) atoms. The zero-order valence-corrected chi connectivity index (χ0v) is 7.47. The van der Waals surface area contributed by atoms with Gasteiger partial charge >= 0.3 is 0 Å². The van der Waals surface area contributed by atoms with Crippen molar-refractivity contribution in [2.75, 3.05) is 0 Å². The Hall–Kier alpha value is -0.980. The predicted molar refractivity (Wildman–Crippen MR) is 52.5 cm³/mol. The second kappa shape index (κ2) is 3.18. The molecular weight excluding hydrogens is 166 g/mol. The van der Waals surface area contributed by atoms with Crippen LogP contribution in [0.25, 0.3) is 0 Å². The molecule has 0 N–H and O–H groups in total. The summed E-state index contributed by atoms with van der Waals surface area (Å²) >= 11 is 4.60. The monoisotopic (exact) mass is 175 g/mol. The third kappa shape index (κ3) is 1.20. The number of hydrogen-bond acceptors (Lipinski definition) is 2. The van der Waals surface area contributed by atoms with Crippen molar-refractivity contribution in [1.82, 2.24) is 0 Å². The van der Waals surface area contributed by atoms with E-state index in [2.05, 4.69) is 46.6 Å². The van der Waals surface area contributed by atoms with Crippen LogP contribution in [0.5, 0.6) is 0 Å². The van der Waals surface area contributed by atoms with Crippen LogP contribution in [0.3, 0.4) is 0 Å². The highest BCUT2D eigenvalue weighted by Crippen LogP contribution is 2.33. The van der Waals surface area contributed by atoms with Crippen molar-refractivity contribution < 1.29 is 0 Å². The van der Waals surface area contributed by atoms with Gasteiger partial charge in [0.15, 0.2) is 0 Å². The van der Waals surface area contributed by atoms with Gasteiger partial charge in [0.25, 0.3) is 0 Å². The van der Waals surface area contributed by atoms with Crippen LogP contribution in [0.2, 0.25) is 0 Å². The standard InChI is InChI=1S/C10H9NS/c12-7-11-10-6-5-8-3-1-2-4-9(8)10/h1-4,10H,5-6H2. The van der Waals surface area contributed by atoms with Gasteiger partial charge in [0.2, 0.25) is 0 Å². The fraction of sp³-hybridized carbons (Fsp3) is 0.300. The molecule has 1 nitrogen and oxygen atoms in total. The summed E-state index contributed by atoms with van der Waals surface area (Å²) in [4.78, 5) is 4.13. The Morgan fingerprint density at radius 1 is 1.42 bits per heavy atom. The lowest BCUT2D eigenvalue weighted by Crippen LogP contribution is -1.86. The lowest BCUT2D eigenvalue weighted by Gasteiger charge is -2.01. The molecule has 0 fully saturated rings. The third-order valence-electron chi connectivity index (χ3n) is 2.31. The van der Waals surface area contributed by atoms with Gasteiger partial charge in [-0.15, -0.1) is 0 Å². The highest BCUT2D eigenvalue weighted by molar-refractivity contribution is 7.78. The Bertz CT molecular complexity index is 339. The number of nitrogens with zero attached hydrogens (tertiary/aromatic N) is 1. The molecule has 1 aromatic rings. The fourth-order valence-corrected chi connectivity index (χ4v) is 1.86. The summed E-state index contributed by atoms with van der Waals surface area (Å²) in [5.74, 6) is 0. The molecule has 0 radical (unpaired) electrons. The quantitative estimate of drug-likeness (QED) is 0.472. The molecular formula is C10H9NS. The normalized spacial score (nSPS) is 19.8. The minimum Gasteiger partial charge on any atom is -0.224 e. The van der Waals surface area contributed by atoms with E-state index in [0.29, 0.717) is 0 Å². The second-order valence-electron chi connectivity index (χ2n) is 2.97. The summed E-state index contributed by atoms with van der Waals surface area (Å²) < 4.78 is 0. The summed E-state index contributed by atoms with van der Waals surface area (Å²) in [6.07, 6.45) is 2.21. The van der Waals surface area contributed by atoms with Gasteiger partial charge < -0.3 is 0 Å². The smallest absolute Gasteiger partial charge is 0.0858 e. The molecule has 0 aromatic heterocycles. The summed E-state index contributed by atoms with van der Waals surface area (Å²) in [5.41, 5.74) is 2.74. The molecule has 0 aliphatic heterocycles. The number of aliphatic imine (C=N–C) groups is 1. The van der Waals surface area contributed by atoms with Crippen LogP contribution in [0.1, 0.15) is 23.6 Å². The molecule has 60 valence electrons. The average molecular weight is 175 g/mol. The molecule has 2 heteroatoms. The van der Waals surface area contributed by atoms with Crippen molar-refractivity contribution in [1.29, 1.82) is 0 Å². The Balaban J connectivity index is 2.42. The maximum absolute atomic E-state index is 4.60. The highest BCUT2D eigenvalue weighted by atomic mass is 32.1. The van der Waals surface area contributed by atoms with E-state index in [-0.39, 0.29) is 6.04 Å². The van der Waals surface area contributed by atoms with Gasteiger partial charge in [0.1, 0.15) is 0 Å². The third-order valence-corrected chi connectivity index (χ3v) is 2.42. The zero-order valence-electron chi connectivity index (χ0n) is 6.66. The number of rotatable bonds is 1. The molecule has 0 saturated heterocycles. The first-order chi connectivity index (χ1) is 5.92. The van der Waals surface area contributed by atoms with Crippen molar-refractivity contribution >= 4 is 17.4 Å². The van der Waals surface area contributed by atoms with E-state index in [1.807, 2.05) is 0 Å². The number of thiocarbonyl (C=S) groups is 1. The minimum absolute atomic E-state index is 0.277. The van der Waals surface area contributed by atoms with Crippen LogP contribution < -0.4 is 0 Å². The first kappa shape index (κ1) is 7.66. The lowest BCUT2D eigenvalue weighted by molar-refractivity contribution is 0.721. The molecule has 1 aliphatic carbocycles. The molecule has 1 atom stereocenters. The summed E-state index contributed by atoms with van der Waals surface area (Å²) in [5, 5.41) is 2.46. The van der Waals surface area contributed by atoms with E-state index < -0.39 is 0 Å². The summed E-state index contributed by atoms with van der Waals surface area (Å²) in [6, 6.07) is 8.69. The van der Waals surface area contributed by atoms with Crippen molar-refractivity contribution in [3.05, 3.63) is 35.4 Å². The molecule has 1 aromatic carbocycles. The highest BCUT2D eigenvalue weighted by Gasteiger charge is 2.20. The maximum atomic E-state index is 4.60. The van der Waals surface area contributed by atoms with Gasteiger partial charge in [-0.1, -0.05) is 24.3 Å².